The number of aromatic hydroxyl groups is 1. The van der Waals surface area contributed by atoms with Crippen molar-refractivity contribution in [1.82, 2.24) is 0 Å². The number of hydrogen-bond acceptors (Lipinski definition) is 2. The van der Waals surface area contributed by atoms with Crippen molar-refractivity contribution < 1.29 is 9.90 Å². The lowest BCUT2D eigenvalue weighted by molar-refractivity contribution is 0.102. The zero-order valence-corrected chi connectivity index (χ0v) is 11.5. The number of amides is 1. The summed E-state index contributed by atoms with van der Waals surface area (Å²) in [6.45, 7) is 0. The van der Waals surface area contributed by atoms with Gasteiger partial charge in [-0.05, 0) is 40.2 Å². The molecule has 0 aliphatic carbocycles. The lowest BCUT2D eigenvalue weighted by Gasteiger charge is -2.07. The largest absolute Gasteiger partial charge is 0.506 e. The summed E-state index contributed by atoms with van der Waals surface area (Å²) in [5.74, 6) is -0.328. The van der Waals surface area contributed by atoms with E-state index in [1.807, 2.05) is 6.07 Å². The van der Waals surface area contributed by atoms with Crippen LogP contribution in [0.3, 0.4) is 0 Å². The summed E-state index contributed by atoms with van der Waals surface area (Å²) in [4.78, 5) is 12.0. The van der Waals surface area contributed by atoms with E-state index in [0.29, 0.717) is 15.7 Å². The highest BCUT2D eigenvalue weighted by molar-refractivity contribution is 9.10. The van der Waals surface area contributed by atoms with Crippen molar-refractivity contribution in [2.45, 2.75) is 0 Å². The maximum atomic E-state index is 12.0. The van der Waals surface area contributed by atoms with Crippen LogP contribution >= 0.6 is 27.5 Å². The molecule has 18 heavy (non-hydrogen) atoms. The van der Waals surface area contributed by atoms with Crippen molar-refractivity contribution in [3.05, 3.63) is 57.5 Å². The first kappa shape index (κ1) is 12.9. The van der Waals surface area contributed by atoms with Crippen molar-refractivity contribution in [3.8, 4) is 5.75 Å². The van der Waals surface area contributed by atoms with Gasteiger partial charge in [-0.15, -0.1) is 0 Å². The van der Waals surface area contributed by atoms with Gasteiger partial charge in [0.15, 0.2) is 0 Å². The fraction of sp³-hybridized carbons (Fsp3) is 0. The summed E-state index contributed by atoms with van der Waals surface area (Å²) in [6.07, 6.45) is 0. The molecule has 5 heteroatoms. The standard InChI is InChI=1S/C13H9BrClNO2/c14-10-4-2-1-3-9(10)13(18)16-8-5-6-11(15)12(17)7-8/h1-7,17H,(H,16,18). The average Bonchev–Trinajstić information content (AvgIpc) is 2.34. The van der Waals surface area contributed by atoms with Crippen LogP contribution < -0.4 is 5.32 Å². The number of halogens is 2. The van der Waals surface area contributed by atoms with Crippen LogP contribution in [0.1, 0.15) is 10.4 Å². The molecule has 0 fully saturated rings. The highest BCUT2D eigenvalue weighted by Gasteiger charge is 2.10. The van der Waals surface area contributed by atoms with Crippen LogP contribution in [0.25, 0.3) is 0 Å². The average molecular weight is 327 g/mol. The Labute approximate surface area is 118 Å². The highest BCUT2D eigenvalue weighted by atomic mass is 79.9. The number of hydrogen-bond donors (Lipinski definition) is 2. The van der Waals surface area contributed by atoms with Gasteiger partial charge in [-0.2, -0.15) is 0 Å². The van der Waals surface area contributed by atoms with Gasteiger partial charge in [0.25, 0.3) is 5.91 Å². The zero-order valence-electron chi connectivity index (χ0n) is 9.15. The smallest absolute Gasteiger partial charge is 0.256 e. The maximum absolute atomic E-state index is 12.0. The van der Waals surface area contributed by atoms with Gasteiger partial charge in [-0.25, -0.2) is 0 Å². The molecule has 0 atom stereocenters. The second kappa shape index (κ2) is 5.42. The third-order valence-corrected chi connectivity index (χ3v) is 3.33. The molecule has 2 aromatic rings. The molecule has 0 radical (unpaired) electrons. The third-order valence-electron chi connectivity index (χ3n) is 2.32. The van der Waals surface area contributed by atoms with E-state index in [1.165, 1.54) is 12.1 Å². The van der Waals surface area contributed by atoms with Gasteiger partial charge in [0.05, 0.1) is 10.6 Å². The van der Waals surface area contributed by atoms with Crippen LogP contribution in [0.2, 0.25) is 5.02 Å². The van der Waals surface area contributed by atoms with Gasteiger partial charge in [0.2, 0.25) is 0 Å². The topological polar surface area (TPSA) is 49.3 Å². The first-order valence-electron chi connectivity index (χ1n) is 5.12. The fourth-order valence-corrected chi connectivity index (χ4v) is 2.02. The number of anilines is 1. The number of carbonyl (C=O) groups excluding carboxylic acids is 1. The van der Waals surface area contributed by atoms with Crippen LogP contribution in [-0.2, 0) is 0 Å². The molecule has 0 aliphatic rings. The summed E-state index contributed by atoms with van der Waals surface area (Å²) in [5, 5.41) is 12.4. The van der Waals surface area contributed by atoms with Gasteiger partial charge in [0, 0.05) is 16.2 Å². The molecule has 1 amide bonds. The second-order valence-corrected chi connectivity index (χ2v) is 4.86. The second-order valence-electron chi connectivity index (χ2n) is 3.60. The van der Waals surface area contributed by atoms with E-state index in [1.54, 1.807) is 24.3 Å². The van der Waals surface area contributed by atoms with Gasteiger partial charge in [-0.3, -0.25) is 4.79 Å². The number of carbonyl (C=O) groups is 1. The summed E-state index contributed by atoms with van der Waals surface area (Å²) in [6, 6.07) is 11.6. The first-order chi connectivity index (χ1) is 8.58. The van der Waals surface area contributed by atoms with Gasteiger partial charge < -0.3 is 10.4 Å². The van der Waals surface area contributed by atoms with Crippen molar-refractivity contribution in [1.29, 1.82) is 0 Å². The molecule has 2 aromatic carbocycles. The van der Waals surface area contributed by atoms with Gasteiger partial charge >= 0.3 is 0 Å². The minimum absolute atomic E-state index is 0.0680. The molecule has 2 rings (SSSR count). The van der Waals surface area contributed by atoms with Gasteiger partial charge in [0.1, 0.15) is 5.75 Å². The predicted molar refractivity (Wildman–Crippen MR) is 75.2 cm³/mol. The Hall–Kier alpha value is -1.52. The molecule has 0 saturated carbocycles. The number of nitrogens with one attached hydrogen (secondary N) is 1. The van der Waals surface area contributed by atoms with Crippen LogP contribution in [0.4, 0.5) is 5.69 Å². The lowest BCUT2D eigenvalue weighted by atomic mass is 10.2. The molecule has 0 aromatic heterocycles. The number of phenols is 1. The molecule has 0 saturated heterocycles. The maximum Gasteiger partial charge on any atom is 0.256 e. The van der Waals surface area contributed by atoms with E-state index in [2.05, 4.69) is 21.2 Å². The Bertz CT molecular complexity index is 601. The zero-order chi connectivity index (χ0) is 13.1. The van der Waals surface area contributed by atoms with Crippen molar-refractivity contribution in [2.75, 3.05) is 5.32 Å². The van der Waals surface area contributed by atoms with E-state index in [9.17, 15) is 9.90 Å². The Balaban J connectivity index is 2.22. The predicted octanol–water partition coefficient (Wildman–Crippen LogP) is 4.06. The molecule has 0 bridgehead atoms. The lowest BCUT2D eigenvalue weighted by Crippen LogP contribution is -2.12. The molecule has 2 N–H and O–H groups in total. The molecule has 0 unspecified atom stereocenters. The van der Waals surface area contributed by atoms with Crippen molar-refractivity contribution >= 4 is 39.1 Å². The van der Waals surface area contributed by atoms with E-state index in [4.69, 9.17) is 11.6 Å². The highest BCUT2D eigenvalue weighted by Crippen LogP contribution is 2.26. The molecule has 0 aliphatic heterocycles. The van der Waals surface area contributed by atoms with Crippen LogP contribution in [0.15, 0.2) is 46.9 Å². The SMILES string of the molecule is O=C(Nc1ccc(Cl)c(O)c1)c1ccccc1Br. The summed E-state index contributed by atoms with van der Waals surface area (Å²) in [7, 11) is 0. The van der Waals surface area contributed by atoms with Crippen LogP contribution in [0, 0.1) is 0 Å². The molecular weight excluding hydrogens is 318 g/mol. The Kier molecular flexibility index (Phi) is 3.89. The monoisotopic (exact) mass is 325 g/mol. The number of phenolic OH excluding ortho intramolecular Hbond substituents is 1. The number of rotatable bonds is 2. The Morgan fingerprint density at radius 1 is 1.22 bits per heavy atom. The summed E-state index contributed by atoms with van der Waals surface area (Å²) >= 11 is 8.99. The molecule has 0 heterocycles. The van der Waals surface area contributed by atoms with Crippen LogP contribution in [0.5, 0.6) is 5.75 Å². The molecule has 0 spiro atoms. The van der Waals surface area contributed by atoms with E-state index in [-0.39, 0.29) is 16.7 Å². The van der Waals surface area contributed by atoms with E-state index < -0.39 is 0 Å². The van der Waals surface area contributed by atoms with Crippen molar-refractivity contribution in [3.63, 3.8) is 0 Å². The minimum atomic E-state index is -0.260. The molecular formula is C13H9BrClNO2. The van der Waals surface area contributed by atoms with Gasteiger partial charge in [-0.1, -0.05) is 23.7 Å². The van der Waals surface area contributed by atoms with Crippen molar-refractivity contribution in [2.24, 2.45) is 0 Å². The summed E-state index contributed by atoms with van der Waals surface area (Å²) < 4.78 is 0.709. The summed E-state index contributed by atoms with van der Waals surface area (Å²) in [5.41, 5.74) is 1.00. The fourth-order valence-electron chi connectivity index (χ4n) is 1.43. The van der Waals surface area contributed by atoms with E-state index >= 15 is 0 Å². The quantitative estimate of drug-likeness (QED) is 0.874. The number of benzene rings is 2. The normalized spacial score (nSPS) is 10.1. The Morgan fingerprint density at radius 2 is 1.94 bits per heavy atom. The first-order valence-corrected chi connectivity index (χ1v) is 6.29. The molecule has 92 valence electrons. The van der Waals surface area contributed by atoms with E-state index in [0.717, 1.165) is 0 Å². The van der Waals surface area contributed by atoms with Crippen LogP contribution in [-0.4, -0.2) is 11.0 Å². The third kappa shape index (κ3) is 2.83. The minimum Gasteiger partial charge on any atom is -0.506 e. The Morgan fingerprint density at radius 3 is 2.61 bits per heavy atom. The molecule has 3 nitrogen and oxygen atoms in total.